The molecule has 84 valence electrons. The summed E-state index contributed by atoms with van der Waals surface area (Å²) in [6.07, 6.45) is 6.60. The van der Waals surface area contributed by atoms with Crippen LogP contribution in [-0.2, 0) is 4.79 Å². The van der Waals surface area contributed by atoms with Crippen molar-refractivity contribution in [3.05, 3.63) is 30.1 Å². The summed E-state index contributed by atoms with van der Waals surface area (Å²) in [4.78, 5) is 20.4. The summed E-state index contributed by atoms with van der Waals surface area (Å²) >= 11 is 0. The maximum Gasteiger partial charge on any atom is 0.140 e. The first-order valence-electron chi connectivity index (χ1n) is 5.76. The minimum absolute atomic E-state index is 0.00324. The molecule has 0 aliphatic carbocycles. The zero-order valence-corrected chi connectivity index (χ0v) is 9.52. The molecule has 2 heterocycles. The molecule has 0 fully saturated rings. The van der Waals surface area contributed by atoms with Crippen LogP contribution >= 0.6 is 0 Å². The van der Waals surface area contributed by atoms with E-state index in [1.165, 1.54) is 0 Å². The van der Waals surface area contributed by atoms with Gasteiger partial charge in [0.2, 0.25) is 0 Å². The van der Waals surface area contributed by atoms with Crippen molar-refractivity contribution in [2.75, 3.05) is 0 Å². The van der Waals surface area contributed by atoms with Gasteiger partial charge in [-0.05, 0) is 18.1 Å². The van der Waals surface area contributed by atoms with Gasteiger partial charge in [0.05, 0.1) is 6.04 Å². The highest BCUT2D eigenvalue weighted by Gasteiger charge is 2.22. The number of ketones is 1. The number of aromatic nitrogens is 1. The quantitative estimate of drug-likeness (QED) is 0.779. The lowest BCUT2D eigenvalue weighted by Gasteiger charge is -2.19. The van der Waals surface area contributed by atoms with Crippen LogP contribution in [0.5, 0.6) is 0 Å². The third-order valence-electron chi connectivity index (χ3n) is 2.77. The van der Waals surface area contributed by atoms with Gasteiger partial charge >= 0.3 is 0 Å². The van der Waals surface area contributed by atoms with Gasteiger partial charge in [-0.2, -0.15) is 0 Å². The smallest absolute Gasteiger partial charge is 0.140 e. The average molecular weight is 216 g/mol. The molecule has 0 amide bonds. The fourth-order valence-electron chi connectivity index (χ4n) is 2.03. The second-order valence-electron chi connectivity index (χ2n) is 4.17. The van der Waals surface area contributed by atoms with Gasteiger partial charge in [-0.3, -0.25) is 14.8 Å². The van der Waals surface area contributed by atoms with Gasteiger partial charge in [0, 0.05) is 30.9 Å². The molecule has 1 aromatic rings. The van der Waals surface area contributed by atoms with Crippen molar-refractivity contribution in [1.82, 2.24) is 4.98 Å². The Balaban J connectivity index is 2.21. The molecular formula is C13H16N2O. The summed E-state index contributed by atoms with van der Waals surface area (Å²) in [7, 11) is 0. The van der Waals surface area contributed by atoms with Crippen molar-refractivity contribution in [3.63, 3.8) is 0 Å². The molecule has 1 atom stereocenters. The molecule has 2 rings (SSSR count). The van der Waals surface area contributed by atoms with E-state index in [1.54, 1.807) is 12.4 Å². The van der Waals surface area contributed by atoms with Crippen LogP contribution in [-0.4, -0.2) is 16.5 Å². The van der Waals surface area contributed by atoms with Crippen LogP contribution in [0, 0.1) is 0 Å². The Labute approximate surface area is 95.6 Å². The standard InChI is InChI=1S/C13H16N2O/c1-2-4-11-7-12(16)8-13(15-11)10-5-3-6-14-9-10/h3,5-6,9,13H,2,4,7-8H2,1H3. The van der Waals surface area contributed by atoms with E-state index in [4.69, 9.17) is 0 Å². The average Bonchev–Trinajstić information content (AvgIpc) is 2.30. The number of Topliss-reactive ketones (excluding diaryl/α,β-unsaturated/α-hetero) is 1. The molecule has 0 saturated carbocycles. The van der Waals surface area contributed by atoms with Gasteiger partial charge in [0.15, 0.2) is 0 Å². The number of nitrogens with zero attached hydrogens (tertiary/aromatic N) is 2. The third kappa shape index (κ3) is 2.54. The Morgan fingerprint density at radius 1 is 1.50 bits per heavy atom. The molecule has 3 heteroatoms. The predicted molar refractivity (Wildman–Crippen MR) is 63.6 cm³/mol. The van der Waals surface area contributed by atoms with Gasteiger partial charge in [0.25, 0.3) is 0 Å². The van der Waals surface area contributed by atoms with Gasteiger partial charge in [0.1, 0.15) is 5.78 Å². The minimum Gasteiger partial charge on any atom is -0.299 e. The second kappa shape index (κ2) is 5.01. The van der Waals surface area contributed by atoms with E-state index in [-0.39, 0.29) is 6.04 Å². The fraction of sp³-hybridized carbons (Fsp3) is 0.462. The monoisotopic (exact) mass is 216 g/mol. The molecule has 0 bridgehead atoms. The Kier molecular flexibility index (Phi) is 3.44. The van der Waals surface area contributed by atoms with Gasteiger partial charge in [-0.25, -0.2) is 0 Å². The van der Waals surface area contributed by atoms with E-state index in [9.17, 15) is 4.79 Å². The number of hydrogen-bond donors (Lipinski definition) is 0. The van der Waals surface area contributed by atoms with Gasteiger partial charge in [-0.15, -0.1) is 0 Å². The van der Waals surface area contributed by atoms with Crippen LogP contribution in [0.2, 0.25) is 0 Å². The van der Waals surface area contributed by atoms with Crippen LogP contribution in [0.3, 0.4) is 0 Å². The van der Waals surface area contributed by atoms with E-state index in [2.05, 4.69) is 16.9 Å². The third-order valence-corrected chi connectivity index (χ3v) is 2.77. The molecule has 0 spiro atoms. The van der Waals surface area contributed by atoms with E-state index in [0.29, 0.717) is 18.6 Å². The first kappa shape index (κ1) is 11.0. The normalized spacial score (nSPS) is 20.7. The summed E-state index contributed by atoms with van der Waals surface area (Å²) in [5.41, 5.74) is 2.09. The highest BCUT2D eigenvalue weighted by molar-refractivity contribution is 6.04. The molecule has 3 nitrogen and oxygen atoms in total. The molecule has 16 heavy (non-hydrogen) atoms. The van der Waals surface area contributed by atoms with E-state index >= 15 is 0 Å². The maximum atomic E-state index is 11.6. The molecule has 0 saturated heterocycles. The SMILES string of the molecule is CCCC1=NC(c2cccnc2)CC(=O)C1. The number of carbonyl (C=O) groups excluding carboxylic acids is 1. The van der Waals surface area contributed by atoms with Crippen LogP contribution < -0.4 is 0 Å². The van der Waals surface area contributed by atoms with Crippen molar-refractivity contribution in [1.29, 1.82) is 0 Å². The van der Waals surface area contributed by atoms with E-state index < -0.39 is 0 Å². The summed E-state index contributed by atoms with van der Waals surface area (Å²) in [5, 5.41) is 0. The number of rotatable bonds is 3. The minimum atomic E-state index is -0.00324. The van der Waals surface area contributed by atoms with E-state index in [1.807, 2.05) is 12.1 Å². The highest BCUT2D eigenvalue weighted by atomic mass is 16.1. The largest absolute Gasteiger partial charge is 0.299 e. The first-order chi connectivity index (χ1) is 7.79. The number of pyridine rings is 1. The number of hydrogen-bond acceptors (Lipinski definition) is 3. The molecule has 0 radical (unpaired) electrons. The molecular weight excluding hydrogens is 200 g/mol. The van der Waals surface area contributed by atoms with Gasteiger partial charge < -0.3 is 0 Å². The van der Waals surface area contributed by atoms with Crippen molar-refractivity contribution in [2.24, 2.45) is 4.99 Å². The Hall–Kier alpha value is -1.51. The van der Waals surface area contributed by atoms with Crippen molar-refractivity contribution in [2.45, 2.75) is 38.6 Å². The molecule has 0 N–H and O–H groups in total. The van der Waals surface area contributed by atoms with Crippen LogP contribution in [0.1, 0.15) is 44.2 Å². The summed E-state index contributed by atoms with van der Waals surface area (Å²) in [5.74, 6) is 0.298. The number of aliphatic imine (C=N–C) groups is 1. The summed E-state index contributed by atoms with van der Waals surface area (Å²) < 4.78 is 0. The Bertz CT molecular complexity index is 398. The Morgan fingerprint density at radius 2 is 2.38 bits per heavy atom. The number of carbonyl (C=O) groups is 1. The van der Waals surface area contributed by atoms with Crippen molar-refractivity contribution >= 4 is 11.5 Å². The molecule has 0 aromatic carbocycles. The zero-order chi connectivity index (χ0) is 11.4. The lowest BCUT2D eigenvalue weighted by molar-refractivity contribution is -0.118. The maximum absolute atomic E-state index is 11.6. The van der Waals surface area contributed by atoms with Crippen molar-refractivity contribution in [3.8, 4) is 0 Å². The van der Waals surface area contributed by atoms with Gasteiger partial charge in [-0.1, -0.05) is 19.4 Å². The lowest BCUT2D eigenvalue weighted by Crippen LogP contribution is -2.18. The summed E-state index contributed by atoms with van der Waals surface area (Å²) in [6.45, 7) is 2.11. The first-order valence-corrected chi connectivity index (χ1v) is 5.76. The Morgan fingerprint density at radius 3 is 3.06 bits per heavy atom. The highest BCUT2D eigenvalue weighted by Crippen LogP contribution is 2.26. The predicted octanol–water partition coefficient (Wildman–Crippen LogP) is 2.73. The molecule has 1 unspecified atom stereocenters. The van der Waals surface area contributed by atoms with Crippen LogP contribution in [0.25, 0.3) is 0 Å². The van der Waals surface area contributed by atoms with Crippen LogP contribution in [0.4, 0.5) is 0 Å². The van der Waals surface area contributed by atoms with E-state index in [0.717, 1.165) is 24.1 Å². The van der Waals surface area contributed by atoms with Crippen LogP contribution in [0.15, 0.2) is 29.5 Å². The topological polar surface area (TPSA) is 42.3 Å². The fourth-order valence-corrected chi connectivity index (χ4v) is 2.03. The summed E-state index contributed by atoms with van der Waals surface area (Å²) in [6, 6.07) is 3.88. The zero-order valence-electron chi connectivity index (χ0n) is 9.52. The van der Waals surface area contributed by atoms with Crippen molar-refractivity contribution < 1.29 is 4.79 Å². The molecule has 1 aromatic heterocycles. The second-order valence-corrected chi connectivity index (χ2v) is 4.17. The molecule has 1 aliphatic rings. The lowest BCUT2D eigenvalue weighted by atomic mass is 9.95. The molecule has 1 aliphatic heterocycles.